The number of halogens is 1. The smallest absolute Gasteiger partial charge is 0.171 e. The lowest BCUT2D eigenvalue weighted by atomic mass is 10.1. The maximum absolute atomic E-state index is 8.84. The first-order chi connectivity index (χ1) is 8.20. The molecule has 0 aliphatic heterocycles. The lowest BCUT2D eigenvalue weighted by molar-refractivity contribution is 1.19. The van der Waals surface area contributed by atoms with Gasteiger partial charge < -0.3 is 5.32 Å². The lowest BCUT2D eigenvalue weighted by Gasteiger charge is -2.09. The molecule has 0 aliphatic carbocycles. The maximum atomic E-state index is 8.84. The van der Waals surface area contributed by atoms with E-state index in [1.807, 2.05) is 13.0 Å². The molecule has 0 unspecified atom stereocenters. The number of nitriles is 1. The predicted octanol–water partition coefficient (Wildman–Crippen LogP) is 3.05. The summed E-state index contributed by atoms with van der Waals surface area (Å²) in [5.74, 6) is 0.479. The Morgan fingerprint density at radius 2 is 2.06 bits per heavy atom. The van der Waals surface area contributed by atoms with Crippen molar-refractivity contribution in [2.24, 2.45) is 0 Å². The first-order valence-electron chi connectivity index (χ1n) is 4.95. The summed E-state index contributed by atoms with van der Waals surface area (Å²) >= 11 is 5.90. The molecule has 0 amide bonds. The predicted molar refractivity (Wildman–Crippen MR) is 66.2 cm³/mol. The molecule has 1 heterocycles. The van der Waals surface area contributed by atoms with Gasteiger partial charge in [-0.15, -0.1) is 0 Å². The van der Waals surface area contributed by atoms with Crippen LogP contribution in [0.1, 0.15) is 11.1 Å². The zero-order valence-corrected chi connectivity index (χ0v) is 9.86. The first-order valence-corrected chi connectivity index (χ1v) is 5.33. The molecule has 5 heteroatoms. The molecule has 0 saturated heterocycles. The average molecular weight is 245 g/mol. The quantitative estimate of drug-likeness (QED) is 0.882. The zero-order chi connectivity index (χ0) is 12.3. The van der Waals surface area contributed by atoms with E-state index in [9.17, 15) is 0 Å². The molecule has 0 bridgehead atoms. The third kappa shape index (κ3) is 2.52. The highest BCUT2D eigenvalue weighted by Gasteiger charge is 2.05. The van der Waals surface area contributed by atoms with Crippen LogP contribution in [-0.4, -0.2) is 9.97 Å². The highest BCUT2D eigenvalue weighted by Crippen LogP contribution is 2.23. The monoisotopic (exact) mass is 244 g/mol. The number of aryl methyl sites for hydroxylation is 1. The summed E-state index contributed by atoms with van der Waals surface area (Å²) < 4.78 is 0. The van der Waals surface area contributed by atoms with Gasteiger partial charge in [0.1, 0.15) is 0 Å². The number of anilines is 2. The van der Waals surface area contributed by atoms with Crippen molar-refractivity contribution in [2.45, 2.75) is 6.92 Å². The van der Waals surface area contributed by atoms with Crippen molar-refractivity contribution in [3.63, 3.8) is 0 Å². The summed E-state index contributed by atoms with van der Waals surface area (Å²) in [6.45, 7) is 1.94. The molecule has 0 atom stereocenters. The van der Waals surface area contributed by atoms with E-state index in [2.05, 4.69) is 21.4 Å². The fourth-order valence-corrected chi connectivity index (χ4v) is 1.51. The van der Waals surface area contributed by atoms with Gasteiger partial charge in [-0.2, -0.15) is 5.26 Å². The molecule has 0 fully saturated rings. The Labute approximate surface area is 104 Å². The van der Waals surface area contributed by atoms with Crippen LogP contribution in [0.3, 0.4) is 0 Å². The van der Waals surface area contributed by atoms with Crippen LogP contribution in [0.15, 0.2) is 30.6 Å². The topological polar surface area (TPSA) is 61.6 Å². The van der Waals surface area contributed by atoms with Crippen LogP contribution in [0, 0.1) is 18.3 Å². The number of nitrogens with one attached hydrogen (secondary N) is 1. The third-order valence-corrected chi connectivity index (χ3v) is 2.55. The Morgan fingerprint density at radius 1 is 1.29 bits per heavy atom. The number of rotatable bonds is 2. The normalized spacial score (nSPS) is 9.71. The standard InChI is InChI=1S/C12H9ClN4/c1-8-2-3-9(7-14)6-10(8)17-12-11(13)15-4-5-16-12/h2-6H,1H3,(H,16,17). The van der Waals surface area contributed by atoms with E-state index in [1.54, 1.807) is 18.3 Å². The van der Waals surface area contributed by atoms with Gasteiger partial charge in [-0.25, -0.2) is 9.97 Å². The number of hydrogen-bond donors (Lipinski definition) is 1. The molecule has 0 saturated carbocycles. The average Bonchev–Trinajstić information content (AvgIpc) is 2.35. The molecule has 17 heavy (non-hydrogen) atoms. The van der Waals surface area contributed by atoms with Gasteiger partial charge in [0.15, 0.2) is 11.0 Å². The third-order valence-electron chi connectivity index (χ3n) is 2.27. The molecule has 4 nitrogen and oxygen atoms in total. The largest absolute Gasteiger partial charge is 0.337 e. The van der Waals surface area contributed by atoms with Crippen LogP contribution in [-0.2, 0) is 0 Å². The number of aromatic nitrogens is 2. The second kappa shape index (κ2) is 4.81. The zero-order valence-electron chi connectivity index (χ0n) is 9.11. The molecule has 0 radical (unpaired) electrons. The fraction of sp³-hybridized carbons (Fsp3) is 0.0833. The van der Waals surface area contributed by atoms with E-state index in [0.29, 0.717) is 16.5 Å². The van der Waals surface area contributed by atoms with Crippen LogP contribution in [0.2, 0.25) is 5.15 Å². The molecule has 0 spiro atoms. The summed E-state index contributed by atoms with van der Waals surface area (Å²) in [5.41, 5.74) is 2.38. The highest BCUT2D eigenvalue weighted by atomic mass is 35.5. The summed E-state index contributed by atoms with van der Waals surface area (Å²) in [7, 11) is 0. The van der Waals surface area contributed by atoms with E-state index >= 15 is 0 Å². The van der Waals surface area contributed by atoms with Gasteiger partial charge in [-0.1, -0.05) is 17.7 Å². The minimum Gasteiger partial charge on any atom is -0.337 e. The summed E-state index contributed by atoms with van der Waals surface area (Å²) in [6.07, 6.45) is 3.07. The Balaban J connectivity index is 2.37. The molecular weight excluding hydrogens is 236 g/mol. The Kier molecular flexibility index (Phi) is 3.22. The van der Waals surface area contributed by atoms with E-state index in [1.165, 1.54) is 6.20 Å². The summed E-state index contributed by atoms with van der Waals surface area (Å²) in [5, 5.41) is 12.2. The summed E-state index contributed by atoms with van der Waals surface area (Å²) in [6, 6.07) is 7.47. The van der Waals surface area contributed by atoms with E-state index in [-0.39, 0.29) is 0 Å². The Bertz CT molecular complexity index is 589. The van der Waals surface area contributed by atoms with Crippen molar-refractivity contribution in [2.75, 3.05) is 5.32 Å². The SMILES string of the molecule is Cc1ccc(C#N)cc1Nc1nccnc1Cl. The van der Waals surface area contributed by atoms with E-state index in [0.717, 1.165) is 11.3 Å². The van der Waals surface area contributed by atoms with Crippen molar-refractivity contribution in [1.82, 2.24) is 9.97 Å². The van der Waals surface area contributed by atoms with Crippen molar-refractivity contribution >= 4 is 23.1 Å². The van der Waals surface area contributed by atoms with E-state index in [4.69, 9.17) is 16.9 Å². The van der Waals surface area contributed by atoms with Gasteiger partial charge in [0.2, 0.25) is 0 Å². The summed E-state index contributed by atoms with van der Waals surface area (Å²) in [4.78, 5) is 8.00. The van der Waals surface area contributed by atoms with Crippen molar-refractivity contribution in [3.8, 4) is 6.07 Å². The molecular formula is C12H9ClN4. The number of nitrogens with zero attached hydrogens (tertiary/aromatic N) is 3. The van der Waals surface area contributed by atoms with Crippen LogP contribution in [0.4, 0.5) is 11.5 Å². The molecule has 1 aromatic carbocycles. The van der Waals surface area contributed by atoms with E-state index < -0.39 is 0 Å². The van der Waals surface area contributed by atoms with Crippen LogP contribution >= 0.6 is 11.6 Å². The minimum absolute atomic E-state index is 0.300. The van der Waals surface area contributed by atoms with Gasteiger partial charge >= 0.3 is 0 Å². The molecule has 1 aromatic heterocycles. The van der Waals surface area contributed by atoms with Gasteiger partial charge in [0.05, 0.1) is 11.6 Å². The minimum atomic E-state index is 0.300. The van der Waals surface area contributed by atoms with Crippen molar-refractivity contribution < 1.29 is 0 Å². The van der Waals surface area contributed by atoms with Crippen LogP contribution < -0.4 is 5.32 Å². The number of benzene rings is 1. The molecule has 2 aromatic rings. The molecule has 2 rings (SSSR count). The second-order valence-electron chi connectivity index (χ2n) is 3.46. The van der Waals surface area contributed by atoms with Gasteiger partial charge in [0.25, 0.3) is 0 Å². The van der Waals surface area contributed by atoms with Crippen LogP contribution in [0.25, 0.3) is 0 Å². The maximum Gasteiger partial charge on any atom is 0.171 e. The van der Waals surface area contributed by atoms with Gasteiger partial charge in [-0.05, 0) is 24.6 Å². The molecule has 1 N–H and O–H groups in total. The first kappa shape index (κ1) is 11.4. The van der Waals surface area contributed by atoms with Crippen molar-refractivity contribution in [3.05, 3.63) is 46.9 Å². The molecule has 84 valence electrons. The van der Waals surface area contributed by atoms with Crippen LogP contribution in [0.5, 0.6) is 0 Å². The highest BCUT2D eigenvalue weighted by molar-refractivity contribution is 6.31. The second-order valence-corrected chi connectivity index (χ2v) is 3.82. The lowest BCUT2D eigenvalue weighted by Crippen LogP contribution is -1.98. The van der Waals surface area contributed by atoms with Crippen molar-refractivity contribution in [1.29, 1.82) is 5.26 Å². The molecule has 0 aliphatic rings. The Hall–Kier alpha value is -2.12. The Morgan fingerprint density at radius 3 is 2.76 bits per heavy atom. The van der Waals surface area contributed by atoms with Gasteiger partial charge in [0, 0.05) is 18.1 Å². The van der Waals surface area contributed by atoms with Gasteiger partial charge in [-0.3, -0.25) is 0 Å². The fourth-order valence-electron chi connectivity index (χ4n) is 1.36. The number of hydrogen-bond acceptors (Lipinski definition) is 4.